The molecule has 5 heteroatoms. The molecule has 0 aliphatic rings. The van der Waals surface area contributed by atoms with E-state index in [0.29, 0.717) is 12.5 Å². The molecule has 0 spiro atoms. The summed E-state index contributed by atoms with van der Waals surface area (Å²) in [4.78, 5) is 0. The average Bonchev–Trinajstić information content (AvgIpc) is 2.27. The molecule has 1 unspecified atom stereocenters. The van der Waals surface area contributed by atoms with E-state index in [1.807, 2.05) is 6.92 Å². The summed E-state index contributed by atoms with van der Waals surface area (Å²) in [6.07, 6.45) is -3.56. The Morgan fingerprint density at radius 3 is 2.50 bits per heavy atom. The lowest BCUT2D eigenvalue weighted by molar-refractivity contribution is -0.137. The molecule has 0 aliphatic carbocycles. The third kappa shape index (κ3) is 3.57. The lowest BCUT2D eigenvalue weighted by atomic mass is 9.97. The van der Waals surface area contributed by atoms with Crippen LogP contribution >= 0.6 is 0 Å². The predicted molar refractivity (Wildman–Crippen MR) is 62.4 cm³/mol. The number of rotatable bonds is 4. The van der Waals surface area contributed by atoms with E-state index in [4.69, 9.17) is 5.73 Å². The van der Waals surface area contributed by atoms with Gasteiger partial charge in [-0.2, -0.15) is 13.2 Å². The van der Waals surface area contributed by atoms with Crippen LogP contribution in [-0.4, -0.2) is 0 Å². The second kappa shape index (κ2) is 5.52. The van der Waals surface area contributed by atoms with Crippen molar-refractivity contribution >= 4 is 0 Å². The summed E-state index contributed by atoms with van der Waals surface area (Å²) in [5, 5.41) is 0. The summed E-state index contributed by atoms with van der Waals surface area (Å²) in [7, 11) is 0. The van der Waals surface area contributed by atoms with E-state index in [0.717, 1.165) is 17.7 Å². The van der Waals surface area contributed by atoms with Crippen LogP contribution in [-0.2, 0) is 6.18 Å². The van der Waals surface area contributed by atoms with E-state index < -0.39 is 23.6 Å². The van der Waals surface area contributed by atoms with Gasteiger partial charge in [0.15, 0.2) is 0 Å². The zero-order valence-electron chi connectivity index (χ0n) is 10.0. The van der Waals surface area contributed by atoms with E-state index in [9.17, 15) is 17.6 Å². The highest BCUT2D eigenvalue weighted by Gasteiger charge is 2.31. The number of alkyl halides is 3. The van der Waals surface area contributed by atoms with Gasteiger partial charge in [0, 0.05) is 11.6 Å². The van der Waals surface area contributed by atoms with Gasteiger partial charge in [0.05, 0.1) is 5.56 Å². The first kappa shape index (κ1) is 14.7. The number of hydrogen-bond acceptors (Lipinski definition) is 1. The highest BCUT2D eigenvalue weighted by Crippen LogP contribution is 2.32. The Bertz CT molecular complexity index is 437. The molecule has 0 aromatic heterocycles. The molecular weight excluding hydrogens is 246 g/mol. The fourth-order valence-electron chi connectivity index (χ4n) is 1.57. The summed E-state index contributed by atoms with van der Waals surface area (Å²) in [6, 6.07) is 1.47. The largest absolute Gasteiger partial charge is 0.416 e. The quantitative estimate of drug-likeness (QED) is 0.638. The fourth-order valence-corrected chi connectivity index (χ4v) is 1.57. The van der Waals surface area contributed by atoms with Crippen LogP contribution in [0.15, 0.2) is 30.4 Å². The topological polar surface area (TPSA) is 26.0 Å². The van der Waals surface area contributed by atoms with Crippen molar-refractivity contribution in [1.82, 2.24) is 0 Å². The van der Waals surface area contributed by atoms with Crippen molar-refractivity contribution in [2.24, 2.45) is 5.73 Å². The number of halogens is 4. The highest BCUT2D eigenvalue weighted by atomic mass is 19.4. The molecule has 0 fully saturated rings. The van der Waals surface area contributed by atoms with Crippen molar-refractivity contribution in [1.29, 1.82) is 0 Å². The summed E-state index contributed by atoms with van der Waals surface area (Å²) in [6.45, 7) is 5.57. The van der Waals surface area contributed by atoms with Crippen LogP contribution in [0.2, 0.25) is 0 Å². The van der Waals surface area contributed by atoms with E-state index in [1.54, 1.807) is 0 Å². The Morgan fingerprint density at radius 1 is 1.39 bits per heavy atom. The Kier molecular flexibility index (Phi) is 4.51. The normalized spacial score (nSPS) is 13.4. The van der Waals surface area contributed by atoms with Gasteiger partial charge in [0.1, 0.15) is 5.82 Å². The van der Waals surface area contributed by atoms with Crippen molar-refractivity contribution in [2.45, 2.75) is 32.0 Å². The Morgan fingerprint density at radius 2 is 2.00 bits per heavy atom. The number of hydrogen-bond donors (Lipinski definition) is 1. The van der Waals surface area contributed by atoms with Crippen LogP contribution in [0, 0.1) is 5.82 Å². The standard InChI is InChI=1S/C13H15F4N/c1-3-8(2)6-12(18)10-7-9(13(15,16)17)4-5-11(10)14/h4-5,7,12H,2-3,6,18H2,1H3. The third-order valence-electron chi connectivity index (χ3n) is 2.73. The fraction of sp³-hybridized carbons (Fsp3) is 0.385. The number of nitrogens with two attached hydrogens (primary N) is 1. The van der Waals surface area contributed by atoms with Gasteiger partial charge in [-0.15, -0.1) is 0 Å². The maximum absolute atomic E-state index is 13.5. The molecule has 18 heavy (non-hydrogen) atoms. The molecule has 0 saturated heterocycles. The van der Waals surface area contributed by atoms with E-state index >= 15 is 0 Å². The monoisotopic (exact) mass is 261 g/mol. The summed E-state index contributed by atoms with van der Waals surface area (Å²) < 4.78 is 51.0. The van der Waals surface area contributed by atoms with Crippen LogP contribution in [0.5, 0.6) is 0 Å². The van der Waals surface area contributed by atoms with Crippen LogP contribution in [0.3, 0.4) is 0 Å². The molecule has 0 heterocycles. The van der Waals surface area contributed by atoms with Gasteiger partial charge >= 0.3 is 6.18 Å². The van der Waals surface area contributed by atoms with Gasteiger partial charge in [-0.25, -0.2) is 4.39 Å². The molecule has 0 amide bonds. The van der Waals surface area contributed by atoms with Crippen molar-refractivity contribution < 1.29 is 17.6 Å². The molecule has 1 atom stereocenters. The highest BCUT2D eigenvalue weighted by molar-refractivity contribution is 5.30. The minimum absolute atomic E-state index is 0.126. The Hall–Kier alpha value is -1.36. The summed E-state index contributed by atoms with van der Waals surface area (Å²) in [5.41, 5.74) is 5.48. The SMILES string of the molecule is C=C(CC)CC(N)c1cc(C(F)(F)F)ccc1F. The molecule has 0 radical (unpaired) electrons. The third-order valence-corrected chi connectivity index (χ3v) is 2.73. The summed E-state index contributed by atoms with van der Waals surface area (Å²) >= 11 is 0. The maximum atomic E-state index is 13.5. The molecule has 100 valence electrons. The first-order chi connectivity index (χ1) is 8.25. The summed E-state index contributed by atoms with van der Waals surface area (Å²) in [5.74, 6) is -0.723. The van der Waals surface area contributed by atoms with Gasteiger partial charge < -0.3 is 5.73 Å². The molecule has 0 aliphatic heterocycles. The van der Waals surface area contributed by atoms with Crippen LogP contribution in [0.25, 0.3) is 0 Å². The van der Waals surface area contributed by atoms with E-state index in [-0.39, 0.29) is 12.0 Å². The molecule has 1 aromatic carbocycles. The lowest BCUT2D eigenvalue weighted by Crippen LogP contribution is -2.15. The van der Waals surface area contributed by atoms with Crippen molar-refractivity contribution in [3.63, 3.8) is 0 Å². The van der Waals surface area contributed by atoms with Gasteiger partial charge in [-0.1, -0.05) is 19.1 Å². The van der Waals surface area contributed by atoms with Crippen LogP contribution < -0.4 is 5.73 Å². The van der Waals surface area contributed by atoms with Crippen LogP contribution in [0.4, 0.5) is 17.6 Å². The van der Waals surface area contributed by atoms with Crippen LogP contribution in [0.1, 0.15) is 36.9 Å². The molecule has 2 N–H and O–H groups in total. The van der Waals surface area contributed by atoms with Gasteiger partial charge in [0.2, 0.25) is 0 Å². The maximum Gasteiger partial charge on any atom is 0.416 e. The Balaban J connectivity index is 3.04. The van der Waals surface area contributed by atoms with E-state index in [1.165, 1.54) is 0 Å². The molecular formula is C13H15F4N. The smallest absolute Gasteiger partial charge is 0.324 e. The minimum Gasteiger partial charge on any atom is -0.324 e. The molecule has 0 bridgehead atoms. The minimum atomic E-state index is -4.50. The molecule has 1 rings (SSSR count). The van der Waals surface area contributed by atoms with Gasteiger partial charge in [-0.05, 0) is 31.0 Å². The van der Waals surface area contributed by atoms with E-state index in [2.05, 4.69) is 6.58 Å². The predicted octanol–water partition coefficient (Wildman–Crippen LogP) is 4.20. The molecule has 1 aromatic rings. The van der Waals surface area contributed by atoms with Gasteiger partial charge in [-0.3, -0.25) is 0 Å². The van der Waals surface area contributed by atoms with Crippen molar-refractivity contribution in [3.05, 3.63) is 47.3 Å². The zero-order chi connectivity index (χ0) is 13.9. The molecule has 0 saturated carbocycles. The van der Waals surface area contributed by atoms with Crippen molar-refractivity contribution in [3.8, 4) is 0 Å². The first-order valence-electron chi connectivity index (χ1n) is 5.54. The Labute approximate surface area is 103 Å². The zero-order valence-corrected chi connectivity index (χ0v) is 10.0. The lowest BCUT2D eigenvalue weighted by Gasteiger charge is -2.16. The first-order valence-corrected chi connectivity index (χ1v) is 5.54. The van der Waals surface area contributed by atoms with Crippen molar-refractivity contribution in [2.75, 3.05) is 0 Å². The average molecular weight is 261 g/mol. The second-order valence-corrected chi connectivity index (χ2v) is 4.15. The molecule has 1 nitrogen and oxygen atoms in total. The van der Waals surface area contributed by atoms with Gasteiger partial charge in [0.25, 0.3) is 0 Å². The second-order valence-electron chi connectivity index (χ2n) is 4.15. The number of benzene rings is 1.